The van der Waals surface area contributed by atoms with Gasteiger partial charge in [0.25, 0.3) is 0 Å². The van der Waals surface area contributed by atoms with E-state index >= 15 is 0 Å². The monoisotopic (exact) mass is 446 g/mol. The number of rotatable bonds is 4. The third-order valence-corrected chi connectivity index (χ3v) is 5.97. The molecule has 1 amide bonds. The topological polar surface area (TPSA) is 107 Å². The molecule has 1 aromatic carbocycles. The van der Waals surface area contributed by atoms with Crippen LogP contribution in [0.4, 0.5) is 10.6 Å². The smallest absolute Gasteiger partial charge is 0.331 e. The van der Waals surface area contributed by atoms with Gasteiger partial charge < -0.3 is 14.6 Å². The Bertz CT molecular complexity index is 1340. The third kappa shape index (κ3) is 3.95. The molecule has 1 aliphatic heterocycles. The predicted molar refractivity (Wildman–Crippen MR) is 124 cm³/mol. The average Bonchev–Trinajstić information content (AvgIpc) is 3.43. The molecule has 0 spiro atoms. The molecule has 4 heterocycles. The number of aryl methyl sites for hydroxylation is 1. The quantitative estimate of drug-likeness (QED) is 0.465. The third-order valence-electron chi connectivity index (χ3n) is 5.97. The molecule has 9 nitrogen and oxygen atoms in total. The lowest BCUT2D eigenvalue weighted by Crippen LogP contribution is -2.33. The van der Waals surface area contributed by atoms with Crippen molar-refractivity contribution in [2.75, 3.05) is 5.32 Å². The number of fused-ring (bicyclic) bond motifs is 2. The van der Waals surface area contributed by atoms with Crippen LogP contribution >= 0.6 is 0 Å². The molecule has 170 valence electrons. The molecular weight excluding hydrogens is 420 g/mol. The molecule has 0 fully saturated rings. The summed E-state index contributed by atoms with van der Waals surface area (Å²) in [5.74, 6) is 2.58. The number of anilines is 1. The molecular formula is C24H26N6O3. The highest BCUT2D eigenvalue weighted by Crippen LogP contribution is 2.33. The molecule has 2 N–H and O–H groups in total. The number of aromatic nitrogens is 4. The van der Waals surface area contributed by atoms with Gasteiger partial charge in [0.1, 0.15) is 17.8 Å². The van der Waals surface area contributed by atoms with Gasteiger partial charge in [-0.3, -0.25) is 9.88 Å². The number of ether oxygens (including phenoxy) is 1. The van der Waals surface area contributed by atoms with Crippen LogP contribution in [-0.2, 0) is 13.0 Å². The Balaban J connectivity index is 1.41. The van der Waals surface area contributed by atoms with Crippen LogP contribution in [0.15, 0.2) is 41.3 Å². The van der Waals surface area contributed by atoms with Gasteiger partial charge >= 0.3 is 6.03 Å². The molecule has 1 aliphatic rings. The molecule has 9 heteroatoms. The lowest BCUT2D eigenvalue weighted by atomic mass is 10.0. The highest BCUT2D eigenvalue weighted by molar-refractivity contribution is 5.99. The summed E-state index contributed by atoms with van der Waals surface area (Å²) in [7, 11) is 0. The second kappa shape index (κ2) is 8.32. The molecule has 0 saturated heterocycles. The van der Waals surface area contributed by atoms with Crippen LogP contribution in [0.3, 0.4) is 0 Å². The molecule has 5 rings (SSSR count). The second-order valence-electron chi connectivity index (χ2n) is 8.70. The van der Waals surface area contributed by atoms with Crippen LogP contribution in [0.25, 0.3) is 10.9 Å². The SMILES string of the molecule is Cc1c(Oc2ncnc3c2C[C@H](C)NC3)ccc2c1ccn2C(=O)Nc1cc(C(C)C)on1. The van der Waals surface area contributed by atoms with Crippen molar-refractivity contribution in [3.8, 4) is 11.6 Å². The van der Waals surface area contributed by atoms with E-state index in [-0.39, 0.29) is 11.9 Å². The van der Waals surface area contributed by atoms with Gasteiger partial charge in [-0.15, -0.1) is 0 Å². The van der Waals surface area contributed by atoms with Crippen LogP contribution in [0.1, 0.15) is 49.3 Å². The van der Waals surface area contributed by atoms with Crippen molar-refractivity contribution >= 4 is 22.8 Å². The van der Waals surface area contributed by atoms with Gasteiger partial charge in [-0.25, -0.2) is 14.8 Å². The Morgan fingerprint density at radius 2 is 2.15 bits per heavy atom. The highest BCUT2D eigenvalue weighted by Gasteiger charge is 2.22. The van der Waals surface area contributed by atoms with Crippen molar-refractivity contribution in [1.82, 2.24) is 25.0 Å². The zero-order valence-electron chi connectivity index (χ0n) is 19.0. The number of nitrogens with one attached hydrogen (secondary N) is 2. The van der Waals surface area contributed by atoms with Gasteiger partial charge in [0.05, 0.1) is 11.2 Å². The Morgan fingerprint density at radius 3 is 2.94 bits per heavy atom. The maximum atomic E-state index is 12.9. The number of hydrogen-bond acceptors (Lipinski definition) is 7. The molecule has 0 saturated carbocycles. The molecule has 0 aliphatic carbocycles. The standard InChI is InChI=1S/C24H26N6O3/c1-13(2)21-10-22(29-33-21)28-24(31)30-8-7-16-15(4)20(6-5-19(16)30)32-23-17-9-14(3)25-11-18(17)26-12-27-23/h5-8,10,12-14,25H,9,11H2,1-4H3,(H,28,29,31)/t14-/m0/s1. The lowest BCUT2D eigenvalue weighted by molar-refractivity contribution is 0.254. The maximum Gasteiger partial charge on any atom is 0.331 e. The zero-order chi connectivity index (χ0) is 23.1. The molecule has 0 bridgehead atoms. The minimum absolute atomic E-state index is 0.191. The van der Waals surface area contributed by atoms with E-state index in [9.17, 15) is 4.79 Å². The summed E-state index contributed by atoms with van der Waals surface area (Å²) in [5.41, 5.74) is 3.70. The maximum absolute atomic E-state index is 12.9. The lowest BCUT2D eigenvalue weighted by Gasteiger charge is -2.23. The van der Waals surface area contributed by atoms with Gasteiger partial charge in [-0.1, -0.05) is 19.0 Å². The summed E-state index contributed by atoms with van der Waals surface area (Å²) in [6.45, 7) is 8.82. The van der Waals surface area contributed by atoms with Crippen LogP contribution < -0.4 is 15.4 Å². The van der Waals surface area contributed by atoms with Crippen molar-refractivity contribution in [2.24, 2.45) is 0 Å². The summed E-state index contributed by atoms with van der Waals surface area (Å²) >= 11 is 0. The fourth-order valence-corrected chi connectivity index (χ4v) is 4.05. The van der Waals surface area contributed by atoms with Gasteiger partial charge in [-0.2, -0.15) is 0 Å². The molecule has 0 radical (unpaired) electrons. The Kier molecular flexibility index (Phi) is 5.33. The first kappa shape index (κ1) is 21.1. The average molecular weight is 447 g/mol. The number of carbonyl (C=O) groups excluding carboxylic acids is 1. The van der Waals surface area contributed by atoms with Crippen molar-refractivity contribution in [3.05, 3.63) is 59.4 Å². The molecule has 33 heavy (non-hydrogen) atoms. The first-order valence-electron chi connectivity index (χ1n) is 11.0. The highest BCUT2D eigenvalue weighted by atomic mass is 16.5. The van der Waals surface area contributed by atoms with E-state index in [2.05, 4.69) is 32.7 Å². The summed E-state index contributed by atoms with van der Waals surface area (Å²) in [5, 5.41) is 11.0. The van der Waals surface area contributed by atoms with Crippen LogP contribution in [-0.4, -0.2) is 31.8 Å². The molecule has 1 atom stereocenters. The molecule has 3 aromatic heterocycles. The molecule has 4 aromatic rings. The van der Waals surface area contributed by atoms with Gasteiger partial charge in [0.2, 0.25) is 5.88 Å². The van der Waals surface area contributed by atoms with E-state index in [1.807, 2.05) is 39.0 Å². The van der Waals surface area contributed by atoms with E-state index in [0.717, 1.165) is 39.9 Å². The predicted octanol–water partition coefficient (Wildman–Crippen LogP) is 4.76. The number of amides is 1. The van der Waals surface area contributed by atoms with E-state index in [4.69, 9.17) is 9.26 Å². The number of nitrogens with zero attached hydrogens (tertiary/aromatic N) is 4. The van der Waals surface area contributed by atoms with E-state index in [1.165, 1.54) is 6.33 Å². The van der Waals surface area contributed by atoms with Crippen molar-refractivity contribution < 1.29 is 14.1 Å². The van der Waals surface area contributed by atoms with Gasteiger partial charge in [0.15, 0.2) is 5.82 Å². The fourth-order valence-electron chi connectivity index (χ4n) is 4.05. The van der Waals surface area contributed by atoms with Crippen LogP contribution in [0.5, 0.6) is 11.6 Å². The number of hydrogen-bond donors (Lipinski definition) is 2. The summed E-state index contributed by atoms with van der Waals surface area (Å²) < 4.78 is 13.1. The van der Waals surface area contributed by atoms with Crippen molar-refractivity contribution in [2.45, 2.75) is 52.6 Å². The van der Waals surface area contributed by atoms with E-state index in [0.29, 0.717) is 30.0 Å². The summed E-state index contributed by atoms with van der Waals surface area (Å²) in [6.07, 6.45) is 4.08. The minimum atomic E-state index is -0.312. The van der Waals surface area contributed by atoms with E-state index < -0.39 is 0 Å². The summed E-state index contributed by atoms with van der Waals surface area (Å²) in [6, 6.07) is 7.41. The normalized spacial score (nSPS) is 15.6. The number of benzene rings is 1. The Labute approximate surface area is 191 Å². The first-order chi connectivity index (χ1) is 15.9. The van der Waals surface area contributed by atoms with Crippen molar-refractivity contribution in [3.63, 3.8) is 0 Å². The Hall–Kier alpha value is -3.72. The number of carbonyl (C=O) groups is 1. The molecule has 0 unspecified atom stereocenters. The van der Waals surface area contributed by atoms with Crippen LogP contribution in [0.2, 0.25) is 0 Å². The zero-order valence-corrected chi connectivity index (χ0v) is 19.0. The largest absolute Gasteiger partial charge is 0.438 e. The van der Waals surface area contributed by atoms with Gasteiger partial charge in [-0.05, 0) is 38.5 Å². The summed E-state index contributed by atoms with van der Waals surface area (Å²) in [4.78, 5) is 21.6. The van der Waals surface area contributed by atoms with Crippen molar-refractivity contribution in [1.29, 1.82) is 0 Å². The first-order valence-corrected chi connectivity index (χ1v) is 11.0. The fraction of sp³-hybridized carbons (Fsp3) is 0.333. The van der Waals surface area contributed by atoms with E-state index in [1.54, 1.807) is 16.8 Å². The minimum Gasteiger partial charge on any atom is -0.438 e. The van der Waals surface area contributed by atoms with Gasteiger partial charge in [0, 0.05) is 47.3 Å². The Morgan fingerprint density at radius 1 is 1.30 bits per heavy atom. The second-order valence-corrected chi connectivity index (χ2v) is 8.70. The van der Waals surface area contributed by atoms with Crippen LogP contribution in [0, 0.1) is 6.92 Å².